The van der Waals surface area contributed by atoms with Gasteiger partial charge in [0.15, 0.2) is 5.13 Å². The van der Waals surface area contributed by atoms with Crippen molar-refractivity contribution in [3.8, 4) is 0 Å². The van der Waals surface area contributed by atoms with Gasteiger partial charge in [-0.05, 0) is 35.9 Å². The molecule has 1 aliphatic rings. The molecule has 104 valence electrons. The normalized spacial score (nSPS) is 13.8. The fourth-order valence-corrected chi connectivity index (χ4v) is 3.48. The number of carbonyl (C=O) groups is 1. The van der Waals surface area contributed by atoms with Crippen molar-refractivity contribution in [3.63, 3.8) is 0 Å². The maximum Gasteiger partial charge on any atom is 0.231 e. The number of para-hydroxylation sites is 1. The third kappa shape index (κ3) is 2.06. The van der Waals surface area contributed by atoms with Crippen molar-refractivity contribution in [2.24, 2.45) is 0 Å². The highest BCUT2D eigenvalue weighted by atomic mass is 32.1. The predicted octanol–water partition coefficient (Wildman–Crippen LogP) is 3.56. The van der Waals surface area contributed by atoms with Gasteiger partial charge in [0.25, 0.3) is 0 Å². The number of hydrogen-bond donors (Lipinski definition) is 1. The van der Waals surface area contributed by atoms with Crippen LogP contribution in [-0.2, 0) is 11.2 Å². The molecular weight excluding hydrogens is 282 g/mol. The topological polar surface area (TPSA) is 45.2 Å². The molecule has 3 aromatic rings. The number of thiazole rings is 1. The van der Waals surface area contributed by atoms with Gasteiger partial charge in [-0.15, -0.1) is 0 Å². The first kappa shape index (κ1) is 12.3. The number of rotatable bonds is 2. The van der Waals surface area contributed by atoms with Crippen LogP contribution in [0.2, 0.25) is 0 Å². The Bertz CT molecular complexity index is 823. The third-order valence-corrected chi connectivity index (χ3v) is 4.65. The summed E-state index contributed by atoms with van der Waals surface area (Å²) >= 11 is 1.63. The van der Waals surface area contributed by atoms with Crippen LogP contribution in [0.25, 0.3) is 10.2 Å². The quantitative estimate of drug-likeness (QED) is 0.786. The standard InChI is InChI=1S/C16H13N3OS/c1-19-13-7-6-11(8-10(13)9-15(19)20)17-16-18-12-4-2-3-5-14(12)21-16/h2-8H,9H2,1H3,(H,17,18). The molecule has 1 amide bonds. The van der Waals surface area contributed by atoms with Crippen molar-refractivity contribution in [2.45, 2.75) is 6.42 Å². The molecule has 4 nitrogen and oxygen atoms in total. The largest absolute Gasteiger partial charge is 0.332 e. The molecular formula is C16H13N3OS. The van der Waals surface area contributed by atoms with Crippen molar-refractivity contribution in [3.05, 3.63) is 48.0 Å². The second-order valence-corrected chi connectivity index (χ2v) is 6.12. The lowest BCUT2D eigenvalue weighted by molar-refractivity contribution is -0.117. The Kier molecular flexibility index (Phi) is 2.68. The van der Waals surface area contributed by atoms with E-state index >= 15 is 0 Å². The Morgan fingerprint density at radius 1 is 1.24 bits per heavy atom. The van der Waals surface area contributed by atoms with Crippen LogP contribution in [0.3, 0.4) is 0 Å². The van der Waals surface area contributed by atoms with Crippen molar-refractivity contribution in [1.29, 1.82) is 0 Å². The monoisotopic (exact) mass is 295 g/mol. The molecule has 21 heavy (non-hydrogen) atoms. The highest BCUT2D eigenvalue weighted by Gasteiger charge is 2.23. The van der Waals surface area contributed by atoms with Gasteiger partial charge in [0, 0.05) is 18.4 Å². The second kappa shape index (κ2) is 4.56. The van der Waals surface area contributed by atoms with Crippen LogP contribution in [0.1, 0.15) is 5.56 Å². The van der Waals surface area contributed by atoms with Crippen LogP contribution in [0.15, 0.2) is 42.5 Å². The molecule has 2 heterocycles. The molecule has 0 unspecified atom stereocenters. The lowest BCUT2D eigenvalue weighted by Crippen LogP contribution is -2.20. The van der Waals surface area contributed by atoms with Gasteiger partial charge in [-0.2, -0.15) is 0 Å². The number of carbonyl (C=O) groups excluding carboxylic acids is 1. The molecule has 0 saturated carbocycles. The summed E-state index contributed by atoms with van der Waals surface area (Å²) in [6.45, 7) is 0. The lowest BCUT2D eigenvalue weighted by Gasteiger charge is -2.10. The van der Waals surface area contributed by atoms with Crippen LogP contribution in [-0.4, -0.2) is 17.9 Å². The number of benzene rings is 2. The van der Waals surface area contributed by atoms with Gasteiger partial charge >= 0.3 is 0 Å². The SMILES string of the molecule is CN1C(=O)Cc2cc(Nc3nc4ccccc4s3)ccc21. The second-order valence-electron chi connectivity index (χ2n) is 5.08. The highest BCUT2D eigenvalue weighted by Crippen LogP contribution is 2.33. The zero-order valence-electron chi connectivity index (χ0n) is 11.5. The Hall–Kier alpha value is -2.40. The summed E-state index contributed by atoms with van der Waals surface area (Å²) in [6, 6.07) is 14.1. The summed E-state index contributed by atoms with van der Waals surface area (Å²) in [6.07, 6.45) is 0.473. The van der Waals surface area contributed by atoms with E-state index in [1.165, 1.54) is 0 Å². The van der Waals surface area contributed by atoms with Crippen molar-refractivity contribution in [1.82, 2.24) is 4.98 Å². The Morgan fingerprint density at radius 2 is 2.10 bits per heavy atom. The van der Waals surface area contributed by atoms with E-state index in [2.05, 4.69) is 16.4 Å². The number of aromatic nitrogens is 1. The number of fused-ring (bicyclic) bond motifs is 2. The van der Waals surface area contributed by atoms with Crippen LogP contribution >= 0.6 is 11.3 Å². The smallest absolute Gasteiger partial charge is 0.231 e. The first-order valence-corrected chi connectivity index (χ1v) is 7.54. The molecule has 2 aromatic carbocycles. The van der Waals surface area contributed by atoms with Crippen LogP contribution in [0, 0.1) is 0 Å². The van der Waals surface area contributed by atoms with Crippen LogP contribution in [0.4, 0.5) is 16.5 Å². The van der Waals surface area contributed by atoms with Gasteiger partial charge in [0.05, 0.1) is 16.6 Å². The molecule has 1 N–H and O–H groups in total. The van der Waals surface area contributed by atoms with Crippen molar-refractivity contribution >= 4 is 44.0 Å². The zero-order valence-corrected chi connectivity index (χ0v) is 12.3. The molecule has 0 fully saturated rings. The van der Waals surface area contributed by atoms with Gasteiger partial charge in [0.1, 0.15) is 0 Å². The first-order valence-electron chi connectivity index (χ1n) is 6.73. The van der Waals surface area contributed by atoms with Gasteiger partial charge in [-0.1, -0.05) is 23.5 Å². The van der Waals surface area contributed by atoms with Crippen LogP contribution in [0.5, 0.6) is 0 Å². The fourth-order valence-electron chi connectivity index (χ4n) is 2.60. The Morgan fingerprint density at radius 3 is 2.95 bits per heavy atom. The average Bonchev–Trinajstić information content (AvgIpc) is 3.00. The van der Waals surface area contributed by atoms with Gasteiger partial charge in [-0.3, -0.25) is 4.79 Å². The van der Waals surface area contributed by atoms with Crippen molar-refractivity contribution < 1.29 is 4.79 Å². The summed E-state index contributed by atoms with van der Waals surface area (Å²) in [4.78, 5) is 18.0. The molecule has 0 saturated heterocycles. The number of nitrogens with zero attached hydrogens (tertiary/aromatic N) is 2. The number of nitrogens with one attached hydrogen (secondary N) is 1. The molecule has 5 heteroatoms. The van der Waals surface area contributed by atoms with E-state index in [4.69, 9.17) is 0 Å². The van der Waals surface area contributed by atoms with Gasteiger partial charge < -0.3 is 10.2 Å². The third-order valence-electron chi connectivity index (χ3n) is 3.70. The molecule has 0 bridgehead atoms. The minimum atomic E-state index is 0.141. The van der Waals surface area contributed by atoms with Crippen molar-refractivity contribution in [2.75, 3.05) is 17.3 Å². The minimum absolute atomic E-state index is 0.141. The maximum atomic E-state index is 11.7. The van der Waals surface area contributed by atoms with Gasteiger partial charge in [-0.25, -0.2) is 4.98 Å². The number of anilines is 3. The molecule has 1 aliphatic heterocycles. The lowest BCUT2D eigenvalue weighted by atomic mass is 10.1. The van der Waals surface area contributed by atoms with E-state index < -0.39 is 0 Å². The Labute approximate surface area is 126 Å². The molecule has 0 aliphatic carbocycles. The van der Waals surface area contributed by atoms with Gasteiger partial charge in [0.2, 0.25) is 5.91 Å². The molecule has 4 rings (SSSR count). The minimum Gasteiger partial charge on any atom is -0.332 e. The average molecular weight is 295 g/mol. The van der Waals surface area contributed by atoms with Crippen LogP contribution < -0.4 is 10.2 Å². The van der Waals surface area contributed by atoms with E-state index in [1.807, 2.05) is 43.4 Å². The van der Waals surface area contributed by atoms with E-state index in [1.54, 1.807) is 16.2 Å². The number of likely N-dealkylation sites (N-methyl/N-ethyl adjacent to an activating group) is 1. The molecule has 1 aromatic heterocycles. The van der Waals surface area contributed by atoms with E-state index in [-0.39, 0.29) is 5.91 Å². The summed E-state index contributed by atoms with van der Waals surface area (Å²) in [7, 11) is 1.81. The Balaban J connectivity index is 1.66. The predicted molar refractivity (Wildman–Crippen MR) is 86.5 cm³/mol. The van der Waals surface area contributed by atoms with E-state index in [0.717, 1.165) is 32.3 Å². The molecule has 0 spiro atoms. The highest BCUT2D eigenvalue weighted by molar-refractivity contribution is 7.22. The zero-order chi connectivity index (χ0) is 14.4. The summed E-state index contributed by atoms with van der Waals surface area (Å²) in [5.74, 6) is 0.141. The maximum absolute atomic E-state index is 11.7. The first-order chi connectivity index (χ1) is 10.2. The number of amides is 1. The van der Waals surface area contributed by atoms with E-state index in [0.29, 0.717) is 6.42 Å². The summed E-state index contributed by atoms with van der Waals surface area (Å²) < 4.78 is 1.16. The van der Waals surface area contributed by atoms with E-state index in [9.17, 15) is 4.79 Å². The fraction of sp³-hybridized carbons (Fsp3) is 0.125. The summed E-state index contributed by atoms with van der Waals surface area (Å²) in [5.41, 5.74) is 4.03. The number of hydrogen-bond acceptors (Lipinski definition) is 4. The summed E-state index contributed by atoms with van der Waals surface area (Å²) in [5, 5.41) is 4.20. The molecule has 0 atom stereocenters. The molecule has 0 radical (unpaired) electrons.